The van der Waals surface area contributed by atoms with Crippen LogP contribution in [0.2, 0.25) is 0 Å². The largest absolute Gasteiger partial charge is 0.253 e. The van der Waals surface area contributed by atoms with Crippen LogP contribution in [0, 0.1) is 0 Å². The van der Waals surface area contributed by atoms with Crippen LogP contribution in [0.1, 0.15) is 30.2 Å². The zero-order valence-electron chi connectivity index (χ0n) is 16.9. The summed E-state index contributed by atoms with van der Waals surface area (Å²) in [4.78, 5) is 8.93. The van der Waals surface area contributed by atoms with Crippen molar-refractivity contribution >= 4 is 18.4 Å². The number of H-pyrrole nitrogens is 1. The Morgan fingerprint density at radius 1 is 1.03 bits per heavy atom. The van der Waals surface area contributed by atoms with Crippen molar-refractivity contribution in [3.8, 4) is 22.5 Å². The Morgan fingerprint density at radius 2 is 1.84 bits per heavy atom. The lowest BCUT2D eigenvalue weighted by atomic mass is 9.96. The van der Waals surface area contributed by atoms with Crippen molar-refractivity contribution in [2.75, 3.05) is 0 Å². The monoisotopic (exact) mass is 428 g/mol. The topological polar surface area (TPSA) is 97.5 Å². The van der Waals surface area contributed by atoms with Gasteiger partial charge in [-0.25, -0.2) is 10.1 Å². The first-order valence-electron chi connectivity index (χ1n) is 10.1. The molecule has 0 atom stereocenters. The van der Waals surface area contributed by atoms with E-state index in [0.29, 0.717) is 11.6 Å². The quantitative estimate of drug-likeness (QED) is 0.315. The highest BCUT2D eigenvalue weighted by Crippen LogP contribution is 2.30. The van der Waals surface area contributed by atoms with Crippen LogP contribution < -0.4 is 0 Å². The van der Waals surface area contributed by atoms with E-state index in [1.165, 1.54) is 11.9 Å². The van der Waals surface area contributed by atoms with Gasteiger partial charge in [0, 0.05) is 17.5 Å². The summed E-state index contributed by atoms with van der Waals surface area (Å²) in [5, 5.41) is 19.3. The number of thiol groups is 1. The number of nitrogens with zero attached hydrogens (tertiary/aromatic N) is 7. The molecule has 0 aliphatic carbocycles. The molecule has 9 heteroatoms. The maximum Gasteiger partial charge on any atom is 0.253 e. The van der Waals surface area contributed by atoms with Crippen molar-refractivity contribution in [1.29, 1.82) is 0 Å². The molecule has 8 nitrogen and oxygen atoms in total. The Hall–Kier alpha value is -3.59. The number of aromatic nitrogens is 8. The van der Waals surface area contributed by atoms with Gasteiger partial charge in [0.15, 0.2) is 5.82 Å². The molecule has 31 heavy (non-hydrogen) atoms. The van der Waals surface area contributed by atoms with E-state index in [1.807, 2.05) is 18.2 Å². The van der Waals surface area contributed by atoms with Crippen molar-refractivity contribution in [3.63, 3.8) is 0 Å². The second-order valence-electron chi connectivity index (χ2n) is 7.25. The van der Waals surface area contributed by atoms with Crippen LogP contribution in [0.15, 0.2) is 59.9 Å². The highest BCUT2D eigenvalue weighted by Gasteiger charge is 2.15. The number of hydrogen-bond acceptors (Lipinski definition) is 7. The average molecular weight is 429 g/mol. The third kappa shape index (κ3) is 3.68. The lowest BCUT2D eigenvalue weighted by Crippen LogP contribution is -2.07. The minimum Gasteiger partial charge on any atom is -0.239 e. The molecule has 0 bridgehead atoms. The number of rotatable bonds is 6. The fourth-order valence-corrected chi connectivity index (χ4v) is 4.10. The summed E-state index contributed by atoms with van der Waals surface area (Å²) in [6, 6.07) is 16.6. The number of nitrogens with one attached hydrogen (secondary N) is 1. The van der Waals surface area contributed by atoms with Crippen LogP contribution in [0.4, 0.5) is 0 Å². The van der Waals surface area contributed by atoms with Gasteiger partial charge in [-0.2, -0.15) is 14.6 Å². The lowest BCUT2D eigenvalue weighted by Gasteiger charge is -2.13. The highest BCUT2D eigenvalue weighted by atomic mass is 32.1. The minimum absolute atomic E-state index is 0.589. The van der Waals surface area contributed by atoms with E-state index < -0.39 is 0 Å². The summed E-state index contributed by atoms with van der Waals surface area (Å²) < 4.78 is 1.69. The zero-order chi connectivity index (χ0) is 21.2. The molecular weight excluding hydrogens is 408 g/mol. The van der Waals surface area contributed by atoms with Crippen molar-refractivity contribution in [1.82, 2.24) is 40.2 Å². The smallest absolute Gasteiger partial charge is 0.239 e. The maximum absolute atomic E-state index is 4.75. The maximum atomic E-state index is 4.75. The van der Waals surface area contributed by atoms with Crippen molar-refractivity contribution in [2.24, 2.45) is 0 Å². The van der Waals surface area contributed by atoms with Gasteiger partial charge in [-0.05, 0) is 33.5 Å². The molecule has 0 amide bonds. The van der Waals surface area contributed by atoms with Crippen molar-refractivity contribution in [3.05, 3.63) is 71.7 Å². The molecule has 5 aromatic rings. The van der Waals surface area contributed by atoms with E-state index in [4.69, 9.17) is 17.6 Å². The summed E-state index contributed by atoms with van der Waals surface area (Å²) in [7, 11) is 0. The van der Waals surface area contributed by atoms with Gasteiger partial charge in [0.2, 0.25) is 0 Å². The Balaban J connectivity index is 1.49. The molecule has 0 aliphatic heterocycles. The lowest BCUT2D eigenvalue weighted by molar-refractivity contribution is 0.770. The molecule has 0 radical (unpaired) electrons. The van der Waals surface area contributed by atoms with Gasteiger partial charge in [-0.1, -0.05) is 61.9 Å². The third-order valence-electron chi connectivity index (χ3n) is 5.24. The van der Waals surface area contributed by atoms with Crippen LogP contribution in [-0.2, 0) is 12.8 Å². The summed E-state index contributed by atoms with van der Waals surface area (Å²) in [6.07, 6.45) is 4.12. The van der Waals surface area contributed by atoms with Gasteiger partial charge in [0.1, 0.15) is 11.4 Å². The number of hydrogen-bond donors (Lipinski definition) is 2. The number of fused-ring (bicyclic) bond motifs is 1. The van der Waals surface area contributed by atoms with Gasteiger partial charge in [0.25, 0.3) is 5.78 Å². The first-order valence-corrected chi connectivity index (χ1v) is 10.5. The fraction of sp³-hybridized carbons (Fsp3) is 0.182. The summed E-state index contributed by atoms with van der Waals surface area (Å²) in [5.41, 5.74) is 6.42. The molecule has 5 rings (SSSR count). The highest BCUT2D eigenvalue weighted by molar-refractivity contribution is 7.80. The van der Waals surface area contributed by atoms with Gasteiger partial charge < -0.3 is 0 Å². The molecule has 0 saturated heterocycles. The molecule has 0 aliphatic rings. The first-order chi connectivity index (χ1) is 15.2. The van der Waals surface area contributed by atoms with E-state index in [9.17, 15) is 0 Å². The molecule has 2 aromatic carbocycles. The number of aryl methyl sites for hydroxylation is 1. The van der Waals surface area contributed by atoms with Crippen LogP contribution >= 0.6 is 12.6 Å². The Kier molecular flexibility index (Phi) is 5.17. The Bertz CT molecular complexity index is 1330. The van der Waals surface area contributed by atoms with Crippen LogP contribution in [0.3, 0.4) is 0 Å². The van der Waals surface area contributed by atoms with E-state index in [2.05, 4.69) is 68.0 Å². The summed E-state index contributed by atoms with van der Waals surface area (Å²) in [6.45, 7) is 2.15. The van der Waals surface area contributed by atoms with E-state index in [-0.39, 0.29) is 0 Å². The molecular formula is C22H20N8S. The number of benzene rings is 2. The second-order valence-corrected chi connectivity index (χ2v) is 7.68. The normalized spacial score (nSPS) is 11.3. The number of tetrazole rings is 1. The average Bonchev–Trinajstić information content (AvgIpc) is 3.49. The molecule has 3 heterocycles. The molecule has 1 N–H and O–H groups in total. The summed E-state index contributed by atoms with van der Waals surface area (Å²) >= 11 is 4.75. The Labute approximate surface area is 184 Å². The Morgan fingerprint density at radius 3 is 2.58 bits per heavy atom. The second kappa shape index (κ2) is 8.27. The van der Waals surface area contributed by atoms with Crippen LogP contribution in [0.25, 0.3) is 28.3 Å². The molecule has 0 unspecified atom stereocenters. The first kappa shape index (κ1) is 19.4. The minimum atomic E-state index is 0.589. The molecule has 154 valence electrons. The molecule has 0 spiro atoms. The van der Waals surface area contributed by atoms with Gasteiger partial charge in [-0.15, -0.1) is 17.7 Å². The van der Waals surface area contributed by atoms with Crippen LogP contribution in [-0.4, -0.2) is 40.2 Å². The molecule has 0 saturated carbocycles. The fourth-order valence-electron chi connectivity index (χ4n) is 3.75. The SMILES string of the molecule is CCCc1nc2ncnn2c(S)c1Cc1ccc(-c2ccccc2-c2nnn[nH]2)cc1. The summed E-state index contributed by atoms with van der Waals surface area (Å²) in [5.74, 6) is 1.24. The standard InChI is InChI=1S/C22H20N8S/c1-2-5-19-18(21(31)30-22(25-19)23-13-24-30)12-14-8-10-15(11-9-14)16-6-3-4-7-17(16)20-26-28-29-27-20/h3-4,6-11,13,31H,2,5,12H2,1H3,(H,26,27,28,29). The van der Waals surface area contributed by atoms with E-state index >= 15 is 0 Å². The van der Waals surface area contributed by atoms with Crippen LogP contribution in [0.5, 0.6) is 0 Å². The van der Waals surface area contributed by atoms with E-state index in [0.717, 1.165) is 52.2 Å². The van der Waals surface area contributed by atoms with E-state index in [1.54, 1.807) is 4.52 Å². The molecule has 0 fully saturated rings. The van der Waals surface area contributed by atoms with Crippen molar-refractivity contribution < 1.29 is 0 Å². The predicted molar refractivity (Wildman–Crippen MR) is 120 cm³/mol. The molecule has 3 aromatic heterocycles. The van der Waals surface area contributed by atoms with Crippen molar-refractivity contribution in [2.45, 2.75) is 31.2 Å². The van der Waals surface area contributed by atoms with Gasteiger partial charge >= 0.3 is 0 Å². The third-order valence-corrected chi connectivity index (χ3v) is 5.70. The van der Waals surface area contributed by atoms with Gasteiger partial charge in [-0.3, -0.25) is 0 Å². The van der Waals surface area contributed by atoms with Gasteiger partial charge in [0.05, 0.1) is 5.69 Å². The number of aromatic amines is 1. The zero-order valence-corrected chi connectivity index (χ0v) is 17.8. The predicted octanol–water partition coefficient (Wildman–Crippen LogP) is 3.80.